The molecule has 0 aliphatic heterocycles. The van der Waals surface area contributed by atoms with Gasteiger partial charge in [-0.05, 0) is 51.0 Å². The number of carbonyl (C=O) groups excluding carboxylic acids is 1. The van der Waals surface area contributed by atoms with Crippen molar-refractivity contribution in [2.24, 2.45) is 0 Å². The van der Waals surface area contributed by atoms with Crippen LogP contribution < -0.4 is 10.1 Å². The number of rotatable bonds is 8. The minimum atomic E-state index is -0.847. The Bertz CT molecular complexity index is 702. The zero-order valence-electron chi connectivity index (χ0n) is 14.9. The Balaban J connectivity index is 2.35. The van der Waals surface area contributed by atoms with Gasteiger partial charge in [0.1, 0.15) is 16.9 Å². The number of amides is 1. The third-order valence-corrected chi connectivity index (χ3v) is 4.06. The Morgan fingerprint density at radius 3 is 2.71 bits per heavy atom. The van der Waals surface area contributed by atoms with Crippen LogP contribution in [0.15, 0.2) is 30.5 Å². The molecule has 0 spiro atoms. The van der Waals surface area contributed by atoms with Gasteiger partial charge in [-0.1, -0.05) is 13.8 Å². The average Bonchev–Trinajstić information content (AvgIpc) is 2.61. The van der Waals surface area contributed by atoms with Gasteiger partial charge in [0.05, 0.1) is 12.3 Å². The van der Waals surface area contributed by atoms with Crippen LogP contribution in [0.25, 0.3) is 10.9 Å². The number of hydrogen-bond donors (Lipinski definition) is 1. The maximum absolute atomic E-state index is 12.7. The Morgan fingerprint density at radius 2 is 2.04 bits per heavy atom. The number of nitrogens with one attached hydrogen (secondary N) is 1. The number of nitrogens with zero attached hydrogens (tertiary/aromatic N) is 1. The summed E-state index contributed by atoms with van der Waals surface area (Å²) in [6.07, 6.45) is 3.25. The Kier molecular flexibility index (Phi) is 6.15. The number of aromatic nitrogens is 1. The predicted molar refractivity (Wildman–Crippen MR) is 96.5 cm³/mol. The molecule has 1 amide bonds. The minimum Gasteiger partial charge on any atom is -0.491 e. The average molecular weight is 330 g/mol. The van der Waals surface area contributed by atoms with Crippen LogP contribution in [-0.4, -0.2) is 29.7 Å². The maximum atomic E-state index is 12.7. The quantitative estimate of drug-likeness (QED) is 0.789. The number of anilines is 1. The van der Waals surface area contributed by atoms with Crippen LogP contribution in [0.1, 0.15) is 40.5 Å². The molecule has 0 saturated heterocycles. The van der Waals surface area contributed by atoms with E-state index in [4.69, 9.17) is 9.47 Å². The monoisotopic (exact) mass is 330 g/mol. The first-order chi connectivity index (χ1) is 11.6. The lowest BCUT2D eigenvalue weighted by Crippen LogP contribution is -2.42. The van der Waals surface area contributed by atoms with Gasteiger partial charge < -0.3 is 14.8 Å². The summed E-state index contributed by atoms with van der Waals surface area (Å²) in [5.41, 5.74) is 0.616. The highest BCUT2D eigenvalue weighted by Gasteiger charge is 2.32. The van der Waals surface area contributed by atoms with Crippen LogP contribution in [0.5, 0.6) is 5.75 Å². The van der Waals surface area contributed by atoms with E-state index in [1.165, 1.54) is 0 Å². The van der Waals surface area contributed by atoms with Crippen LogP contribution in [0, 0.1) is 0 Å². The molecule has 1 atom stereocenters. The van der Waals surface area contributed by atoms with Crippen molar-refractivity contribution < 1.29 is 14.3 Å². The molecule has 2 rings (SSSR count). The largest absolute Gasteiger partial charge is 0.491 e. The fourth-order valence-electron chi connectivity index (χ4n) is 2.49. The fraction of sp³-hybridized carbons (Fsp3) is 0.474. The van der Waals surface area contributed by atoms with E-state index < -0.39 is 5.60 Å². The first-order valence-electron chi connectivity index (χ1n) is 8.51. The molecule has 1 N–H and O–H groups in total. The zero-order valence-corrected chi connectivity index (χ0v) is 14.9. The Morgan fingerprint density at radius 1 is 1.25 bits per heavy atom. The van der Waals surface area contributed by atoms with Crippen molar-refractivity contribution in [3.05, 3.63) is 30.5 Å². The SMILES string of the molecule is CCCOc1ccc(NC(=O)[C@@](C)(CC)OCC)c2cccnc12. The van der Waals surface area contributed by atoms with Crippen LogP contribution in [0.4, 0.5) is 5.69 Å². The van der Waals surface area contributed by atoms with Crippen molar-refractivity contribution in [2.45, 2.75) is 46.1 Å². The number of hydrogen-bond acceptors (Lipinski definition) is 4. The topological polar surface area (TPSA) is 60.5 Å². The molecule has 24 heavy (non-hydrogen) atoms. The van der Waals surface area contributed by atoms with E-state index in [9.17, 15) is 4.79 Å². The highest BCUT2D eigenvalue weighted by atomic mass is 16.5. The molecule has 0 unspecified atom stereocenters. The molecule has 1 heterocycles. The van der Waals surface area contributed by atoms with Crippen molar-refractivity contribution in [3.63, 3.8) is 0 Å². The third-order valence-electron chi connectivity index (χ3n) is 4.06. The number of pyridine rings is 1. The van der Waals surface area contributed by atoms with Gasteiger partial charge in [0.15, 0.2) is 0 Å². The lowest BCUT2D eigenvalue weighted by Gasteiger charge is -2.27. The first kappa shape index (κ1) is 18.2. The fourth-order valence-corrected chi connectivity index (χ4v) is 2.49. The Labute approximate surface area is 143 Å². The van der Waals surface area contributed by atoms with Crippen LogP contribution in [-0.2, 0) is 9.53 Å². The summed E-state index contributed by atoms with van der Waals surface area (Å²) >= 11 is 0. The summed E-state index contributed by atoms with van der Waals surface area (Å²) in [4.78, 5) is 17.1. The highest BCUT2D eigenvalue weighted by molar-refractivity contribution is 6.05. The molecule has 1 aromatic heterocycles. The van der Waals surface area contributed by atoms with Gasteiger partial charge in [-0.15, -0.1) is 0 Å². The van der Waals surface area contributed by atoms with Gasteiger partial charge in [-0.3, -0.25) is 9.78 Å². The van der Waals surface area contributed by atoms with E-state index in [2.05, 4.69) is 17.2 Å². The highest BCUT2D eigenvalue weighted by Crippen LogP contribution is 2.31. The third kappa shape index (κ3) is 3.85. The number of ether oxygens (including phenoxy) is 2. The summed E-state index contributed by atoms with van der Waals surface area (Å²) in [6.45, 7) is 8.82. The first-order valence-corrected chi connectivity index (χ1v) is 8.51. The van der Waals surface area contributed by atoms with Crippen molar-refractivity contribution in [3.8, 4) is 5.75 Å². The number of carbonyl (C=O) groups is 1. The molecule has 2 aromatic rings. The van der Waals surface area contributed by atoms with Gasteiger partial charge in [0.2, 0.25) is 0 Å². The lowest BCUT2D eigenvalue weighted by molar-refractivity contribution is -0.139. The van der Waals surface area contributed by atoms with Crippen LogP contribution >= 0.6 is 0 Å². The van der Waals surface area contributed by atoms with Crippen molar-refractivity contribution in [1.82, 2.24) is 4.98 Å². The smallest absolute Gasteiger partial charge is 0.256 e. The molecule has 1 aromatic carbocycles. The minimum absolute atomic E-state index is 0.153. The van der Waals surface area contributed by atoms with Crippen molar-refractivity contribution >= 4 is 22.5 Å². The van der Waals surface area contributed by atoms with Gasteiger partial charge in [-0.2, -0.15) is 0 Å². The van der Waals surface area contributed by atoms with E-state index in [1.807, 2.05) is 45.0 Å². The summed E-state index contributed by atoms with van der Waals surface area (Å²) < 4.78 is 11.4. The summed E-state index contributed by atoms with van der Waals surface area (Å²) in [6, 6.07) is 7.49. The van der Waals surface area contributed by atoms with E-state index in [1.54, 1.807) is 6.20 Å². The van der Waals surface area contributed by atoms with E-state index in [-0.39, 0.29) is 5.91 Å². The Hall–Kier alpha value is -2.14. The molecule has 130 valence electrons. The summed E-state index contributed by atoms with van der Waals surface area (Å²) in [5.74, 6) is 0.577. The van der Waals surface area contributed by atoms with Crippen molar-refractivity contribution in [1.29, 1.82) is 0 Å². The molecule has 0 bridgehead atoms. The second kappa shape index (κ2) is 8.11. The molecular weight excluding hydrogens is 304 g/mol. The lowest BCUT2D eigenvalue weighted by atomic mass is 10.0. The molecule has 0 radical (unpaired) electrons. The van der Waals surface area contributed by atoms with E-state index in [0.29, 0.717) is 25.3 Å². The zero-order chi connectivity index (χ0) is 17.6. The maximum Gasteiger partial charge on any atom is 0.256 e. The van der Waals surface area contributed by atoms with Gasteiger partial charge in [0, 0.05) is 18.2 Å². The van der Waals surface area contributed by atoms with E-state index >= 15 is 0 Å². The molecule has 5 heteroatoms. The van der Waals surface area contributed by atoms with Gasteiger partial charge in [-0.25, -0.2) is 0 Å². The molecule has 5 nitrogen and oxygen atoms in total. The molecular formula is C19H26N2O3. The second-order valence-electron chi connectivity index (χ2n) is 5.83. The van der Waals surface area contributed by atoms with Crippen LogP contribution in [0.3, 0.4) is 0 Å². The molecule has 0 aliphatic rings. The predicted octanol–water partition coefficient (Wildman–Crippen LogP) is 4.17. The van der Waals surface area contributed by atoms with Gasteiger partial charge >= 0.3 is 0 Å². The van der Waals surface area contributed by atoms with Crippen LogP contribution in [0.2, 0.25) is 0 Å². The standard InChI is InChI=1S/C19H26N2O3/c1-5-13-23-16-11-10-15(14-9-8-12-20-17(14)16)21-18(22)19(4,6-2)24-7-3/h8-12H,5-7,13H2,1-4H3,(H,21,22)/t19-/m1/s1. The molecule has 0 fully saturated rings. The molecule has 0 saturated carbocycles. The second-order valence-corrected chi connectivity index (χ2v) is 5.83. The number of benzene rings is 1. The summed E-state index contributed by atoms with van der Waals surface area (Å²) in [5, 5.41) is 3.84. The van der Waals surface area contributed by atoms with E-state index in [0.717, 1.165) is 23.1 Å². The molecule has 0 aliphatic carbocycles. The summed E-state index contributed by atoms with van der Waals surface area (Å²) in [7, 11) is 0. The van der Waals surface area contributed by atoms with Crippen molar-refractivity contribution in [2.75, 3.05) is 18.5 Å². The number of fused-ring (bicyclic) bond motifs is 1. The normalized spacial score (nSPS) is 13.5. The van der Waals surface area contributed by atoms with Gasteiger partial charge in [0.25, 0.3) is 5.91 Å².